The first-order valence-electron chi connectivity index (χ1n) is 6.57. The van der Waals surface area contributed by atoms with E-state index in [1.54, 1.807) is 6.20 Å². The van der Waals surface area contributed by atoms with Crippen LogP contribution in [-0.4, -0.2) is 24.0 Å². The average Bonchev–Trinajstić information content (AvgIpc) is 2.45. The molecule has 2 N–H and O–H groups in total. The second-order valence-corrected chi connectivity index (χ2v) is 4.57. The van der Waals surface area contributed by atoms with Crippen LogP contribution in [0.2, 0.25) is 0 Å². The fourth-order valence-electron chi connectivity index (χ4n) is 1.92. The molecule has 2 aromatic rings. The minimum Gasteiger partial charge on any atom is -0.325 e. The SMILES string of the molecule is CCNCC(C)C(=O)Nc1cccc2ncccc12. The monoisotopic (exact) mass is 257 g/mol. The highest BCUT2D eigenvalue weighted by Crippen LogP contribution is 2.21. The third-order valence-corrected chi connectivity index (χ3v) is 3.05. The third kappa shape index (κ3) is 3.29. The lowest BCUT2D eigenvalue weighted by Gasteiger charge is -2.13. The molecule has 1 aromatic carbocycles. The van der Waals surface area contributed by atoms with E-state index >= 15 is 0 Å². The van der Waals surface area contributed by atoms with Crippen molar-refractivity contribution in [3.63, 3.8) is 0 Å². The highest BCUT2D eigenvalue weighted by atomic mass is 16.1. The third-order valence-electron chi connectivity index (χ3n) is 3.05. The van der Waals surface area contributed by atoms with Crippen molar-refractivity contribution >= 4 is 22.5 Å². The van der Waals surface area contributed by atoms with Crippen molar-refractivity contribution in [3.8, 4) is 0 Å². The molecule has 4 heteroatoms. The van der Waals surface area contributed by atoms with E-state index in [0.717, 1.165) is 23.1 Å². The van der Waals surface area contributed by atoms with E-state index in [2.05, 4.69) is 15.6 Å². The van der Waals surface area contributed by atoms with Crippen molar-refractivity contribution < 1.29 is 4.79 Å². The number of aromatic nitrogens is 1. The lowest BCUT2D eigenvalue weighted by Crippen LogP contribution is -2.30. The zero-order valence-electron chi connectivity index (χ0n) is 11.3. The van der Waals surface area contributed by atoms with Crippen molar-refractivity contribution in [1.82, 2.24) is 10.3 Å². The molecule has 1 heterocycles. The van der Waals surface area contributed by atoms with Crippen molar-refractivity contribution in [2.24, 2.45) is 5.92 Å². The van der Waals surface area contributed by atoms with Crippen LogP contribution in [0.1, 0.15) is 13.8 Å². The van der Waals surface area contributed by atoms with Gasteiger partial charge in [-0.05, 0) is 30.8 Å². The first kappa shape index (κ1) is 13.5. The quantitative estimate of drug-likeness (QED) is 0.865. The number of carbonyl (C=O) groups excluding carboxylic acids is 1. The summed E-state index contributed by atoms with van der Waals surface area (Å²) in [6.07, 6.45) is 1.75. The molecule has 0 fully saturated rings. The highest BCUT2D eigenvalue weighted by molar-refractivity contribution is 6.01. The number of nitrogens with one attached hydrogen (secondary N) is 2. The highest BCUT2D eigenvalue weighted by Gasteiger charge is 2.13. The molecular weight excluding hydrogens is 238 g/mol. The smallest absolute Gasteiger partial charge is 0.228 e. The lowest BCUT2D eigenvalue weighted by atomic mass is 10.1. The maximum Gasteiger partial charge on any atom is 0.228 e. The first-order valence-corrected chi connectivity index (χ1v) is 6.57. The molecule has 2 rings (SSSR count). The van der Waals surface area contributed by atoms with Gasteiger partial charge in [-0.3, -0.25) is 9.78 Å². The van der Waals surface area contributed by atoms with Gasteiger partial charge in [-0.15, -0.1) is 0 Å². The number of hydrogen-bond acceptors (Lipinski definition) is 3. The Morgan fingerprint density at radius 1 is 1.32 bits per heavy atom. The molecule has 1 unspecified atom stereocenters. The van der Waals surface area contributed by atoms with E-state index in [1.165, 1.54) is 0 Å². The Labute approximate surface area is 113 Å². The number of fused-ring (bicyclic) bond motifs is 1. The molecule has 0 saturated carbocycles. The lowest BCUT2D eigenvalue weighted by molar-refractivity contribution is -0.119. The number of rotatable bonds is 5. The summed E-state index contributed by atoms with van der Waals surface area (Å²) in [7, 11) is 0. The van der Waals surface area contributed by atoms with E-state index in [0.29, 0.717) is 6.54 Å². The molecule has 0 aliphatic carbocycles. The fraction of sp³-hybridized carbons (Fsp3) is 0.333. The van der Waals surface area contributed by atoms with Crippen LogP contribution in [0.15, 0.2) is 36.5 Å². The molecule has 0 bridgehead atoms. The zero-order valence-corrected chi connectivity index (χ0v) is 11.3. The summed E-state index contributed by atoms with van der Waals surface area (Å²) in [5.41, 5.74) is 1.71. The number of benzene rings is 1. The second-order valence-electron chi connectivity index (χ2n) is 4.57. The van der Waals surface area contributed by atoms with Crippen molar-refractivity contribution in [1.29, 1.82) is 0 Å². The predicted octanol–water partition coefficient (Wildman–Crippen LogP) is 2.42. The molecule has 1 amide bonds. The van der Waals surface area contributed by atoms with Gasteiger partial charge in [0.05, 0.1) is 11.2 Å². The number of nitrogens with zero attached hydrogens (tertiary/aromatic N) is 1. The summed E-state index contributed by atoms with van der Waals surface area (Å²) < 4.78 is 0. The molecule has 100 valence electrons. The Morgan fingerprint density at radius 3 is 2.95 bits per heavy atom. The van der Waals surface area contributed by atoms with Gasteiger partial charge in [0.15, 0.2) is 0 Å². The van der Waals surface area contributed by atoms with Crippen LogP contribution in [0.3, 0.4) is 0 Å². The summed E-state index contributed by atoms with van der Waals surface area (Å²) in [5, 5.41) is 7.12. The van der Waals surface area contributed by atoms with Gasteiger partial charge in [0.1, 0.15) is 0 Å². The molecular formula is C15H19N3O. The van der Waals surface area contributed by atoms with E-state index in [4.69, 9.17) is 0 Å². The number of amides is 1. The summed E-state index contributed by atoms with van der Waals surface area (Å²) in [6, 6.07) is 9.59. The Kier molecular flexibility index (Phi) is 4.47. The summed E-state index contributed by atoms with van der Waals surface area (Å²) >= 11 is 0. The molecule has 1 aromatic heterocycles. The van der Waals surface area contributed by atoms with Crippen LogP contribution in [0, 0.1) is 5.92 Å². The molecule has 0 saturated heterocycles. The van der Waals surface area contributed by atoms with Crippen molar-refractivity contribution in [2.45, 2.75) is 13.8 Å². The first-order chi connectivity index (χ1) is 9.22. The van der Waals surface area contributed by atoms with Crippen LogP contribution in [0.5, 0.6) is 0 Å². The zero-order chi connectivity index (χ0) is 13.7. The predicted molar refractivity (Wildman–Crippen MR) is 78.1 cm³/mol. The van der Waals surface area contributed by atoms with E-state index in [1.807, 2.05) is 44.2 Å². The molecule has 0 spiro atoms. The van der Waals surface area contributed by atoms with Crippen LogP contribution in [-0.2, 0) is 4.79 Å². The minimum atomic E-state index is -0.0631. The Hall–Kier alpha value is -1.94. The minimum absolute atomic E-state index is 0.0253. The maximum absolute atomic E-state index is 12.1. The second kappa shape index (κ2) is 6.29. The van der Waals surface area contributed by atoms with Gasteiger partial charge in [-0.25, -0.2) is 0 Å². The Bertz CT molecular complexity index is 563. The van der Waals surface area contributed by atoms with Gasteiger partial charge in [0.2, 0.25) is 5.91 Å². The Balaban J connectivity index is 2.15. The summed E-state index contributed by atoms with van der Waals surface area (Å²) in [6.45, 7) is 5.50. The van der Waals surface area contributed by atoms with Gasteiger partial charge in [0, 0.05) is 24.0 Å². The normalized spacial score (nSPS) is 12.3. The Morgan fingerprint density at radius 2 is 2.16 bits per heavy atom. The van der Waals surface area contributed by atoms with Crippen molar-refractivity contribution in [2.75, 3.05) is 18.4 Å². The largest absolute Gasteiger partial charge is 0.325 e. The van der Waals surface area contributed by atoms with E-state index in [-0.39, 0.29) is 11.8 Å². The standard InChI is InChI=1S/C15H19N3O/c1-3-16-10-11(2)15(19)18-14-8-4-7-13-12(14)6-5-9-17-13/h4-9,11,16H,3,10H2,1-2H3,(H,18,19). The van der Waals surface area contributed by atoms with E-state index < -0.39 is 0 Å². The average molecular weight is 257 g/mol. The van der Waals surface area contributed by atoms with Crippen LogP contribution >= 0.6 is 0 Å². The number of hydrogen-bond donors (Lipinski definition) is 2. The van der Waals surface area contributed by atoms with Gasteiger partial charge in [-0.2, -0.15) is 0 Å². The molecule has 0 aliphatic rings. The number of anilines is 1. The molecule has 0 aliphatic heterocycles. The summed E-state index contributed by atoms with van der Waals surface area (Å²) in [4.78, 5) is 16.4. The van der Waals surface area contributed by atoms with Gasteiger partial charge < -0.3 is 10.6 Å². The molecule has 1 atom stereocenters. The molecule has 0 radical (unpaired) electrons. The van der Waals surface area contributed by atoms with Crippen LogP contribution in [0.25, 0.3) is 10.9 Å². The van der Waals surface area contributed by atoms with Gasteiger partial charge in [-0.1, -0.05) is 19.9 Å². The van der Waals surface area contributed by atoms with Crippen LogP contribution < -0.4 is 10.6 Å². The topological polar surface area (TPSA) is 54.0 Å². The fourth-order valence-corrected chi connectivity index (χ4v) is 1.92. The molecule has 4 nitrogen and oxygen atoms in total. The molecule has 19 heavy (non-hydrogen) atoms. The van der Waals surface area contributed by atoms with Gasteiger partial charge >= 0.3 is 0 Å². The number of carbonyl (C=O) groups is 1. The van der Waals surface area contributed by atoms with Gasteiger partial charge in [0.25, 0.3) is 0 Å². The van der Waals surface area contributed by atoms with Crippen molar-refractivity contribution in [3.05, 3.63) is 36.5 Å². The van der Waals surface area contributed by atoms with E-state index in [9.17, 15) is 4.79 Å². The number of pyridine rings is 1. The maximum atomic E-state index is 12.1. The van der Waals surface area contributed by atoms with Crippen LogP contribution in [0.4, 0.5) is 5.69 Å². The summed E-state index contributed by atoms with van der Waals surface area (Å²) in [5.74, 6) is -0.0378.